The van der Waals surface area contributed by atoms with Gasteiger partial charge >= 0.3 is 0 Å². The zero-order chi connectivity index (χ0) is 18.6. The highest BCUT2D eigenvalue weighted by molar-refractivity contribution is 7.99. The lowest BCUT2D eigenvalue weighted by Crippen LogP contribution is -2.24. The zero-order valence-corrected chi connectivity index (χ0v) is 16.2. The number of carbonyl (C=O) groups excluding carboxylic acids is 1. The van der Waals surface area contributed by atoms with E-state index in [2.05, 4.69) is 25.8 Å². The third-order valence-corrected chi connectivity index (χ3v) is 5.91. The molecule has 3 heterocycles. The van der Waals surface area contributed by atoms with Crippen molar-refractivity contribution in [2.45, 2.75) is 18.2 Å². The smallest absolute Gasteiger partial charge is 0.230 e. The average Bonchev–Trinajstić information content (AvgIpc) is 3.41. The first kappa shape index (κ1) is 17.7. The lowest BCUT2D eigenvalue weighted by molar-refractivity contribution is -0.118. The van der Waals surface area contributed by atoms with Gasteiger partial charge in [-0.1, -0.05) is 35.2 Å². The number of fused-ring (bicyclic) bond motifs is 1. The second kappa shape index (κ2) is 7.89. The van der Waals surface area contributed by atoms with Crippen molar-refractivity contribution in [1.29, 1.82) is 0 Å². The van der Waals surface area contributed by atoms with Crippen molar-refractivity contribution in [3.8, 4) is 0 Å². The molecule has 0 saturated heterocycles. The van der Waals surface area contributed by atoms with E-state index >= 15 is 0 Å². The number of aromatic nitrogens is 6. The van der Waals surface area contributed by atoms with E-state index in [-0.39, 0.29) is 5.91 Å². The fourth-order valence-corrected chi connectivity index (χ4v) is 3.96. The highest BCUT2D eigenvalue weighted by Crippen LogP contribution is 2.17. The maximum Gasteiger partial charge on any atom is 0.230 e. The topological polar surface area (TPSA) is 90.5 Å². The van der Waals surface area contributed by atoms with Gasteiger partial charge < -0.3 is 9.88 Å². The Hall–Kier alpha value is -2.72. The van der Waals surface area contributed by atoms with Gasteiger partial charge in [-0.25, -0.2) is 4.68 Å². The molecule has 27 heavy (non-hydrogen) atoms. The molecule has 0 saturated carbocycles. The lowest BCUT2D eigenvalue weighted by atomic mass is 10.3. The highest BCUT2D eigenvalue weighted by atomic mass is 32.2. The Morgan fingerprint density at radius 2 is 2.07 bits per heavy atom. The van der Waals surface area contributed by atoms with Crippen molar-refractivity contribution in [2.24, 2.45) is 7.05 Å². The molecular formula is C17H17N7OS2. The van der Waals surface area contributed by atoms with Crippen molar-refractivity contribution in [3.63, 3.8) is 0 Å². The Morgan fingerprint density at radius 1 is 1.19 bits per heavy atom. The van der Waals surface area contributed by atoms with Crippen molar-refractivity contribution >= 4 is 40.0 Å². The molecule has 0 aliphatic heterocycles. The molecule has 10 heteroatoms. The molecule has 0 radical (unpaired) electrons. The van der Waals surface area contributed by atoms with E-state index in [0.717, 1.165) is 21.7 Å². The summed E-state index contributed by atoms with van der Waals surface area (Å²) >= 11 is 2.99. The Labute approximate surface area is 163 Å². The number of hydrogen-bond donors (Lipinski definition) is 1. The fourth-order valence-electron chi connectivity index (χ4n) is 2.56. The molecule has 0 spiro atoms. The minimum atomic E-state index is -0.0276. The molecule has 1 N–H and O–H groups in total. The summed E-state index contributed by atoms with van der Waals surface area (Å²) in [7, 11) is 1.89. The van der Waals surface area contributed by atoms with Gasteiger partial charge in [0.15, 0.2) is 11.0 Å². The summed E-state index contributed by atoms with van der Waals surface area (Å²) in [6, 6.07) is 11.8. The molecule has 1 aromatic carbocycles. The number of hydrogen-bond acceptors (Lipinski definition) is 7. The quantitative estimate of drug-likeness (QED) is 0.479. The largest absolute Gasteiger partial charge is 0.350 e. The molecule has 0 aliphatic rings. The fraction of sp³-hybridized carbons (Fsp3) is 0.235. The molecule has 0 fully saturated rings. The van der Waals surface area contributed by atoms with Crippen molar-refractivity contribution in [2.75, 3.05) is 5.75 Å². The molecule has 0 bridgehead atoms. The van der Waals surface area contributed by atoms with Gasteiger partial charge in [-0.2, -0.15) is 0 Å². The van der Waals surface area contributed by atoms with Crippen LogP contribution in [0.15, 0.2) is 46.9 Å². The number of nitrogens with one attached hydrogen (secondary N) is 1. The van der Waals surface area contributed by atoms with Crippen LogP contribution in [0, 0.1) is 0 Å². The first-order valence-electron chi connectivity index (χ1n) is 8.29. The molecular weight excluding hydrogens is 382 g/mol. The lowest BCUT2D eigenvalue weighted by Gasteiger charge is -2.05. The van der Waals surface area contributed by atoms with Crippen LogP contribution in [0.3, 0.4) is 0 Å². The van der Waals surface area contributed by atoms with E-state index in [1.54, 1.807) is 16.0 Å². The molecule has 4 rings (SSSR count). The summed E-state index contributed by atoms with van der Waals surface area (Å²) in [6.07, 6.45) is 0. The summed E-state index contributed by atoms with van der Waals surface area (Å²) in [6.45, 7) is 1.02. The van der Waals surface area contributed by atoms with Crippen molar-refractivity contribution in [3.05, 3.63) is 52.5 Å². The molecule has 138 valence electrons. The summed E-state index contributed by atoms with van der Waals surface area (Å²) in [4.78, 5) is 13.2. The molecule has 1 amide bonds. The number of rotatable bonds is 7. The molecule has 8 nitrogen and oxygen atoms in total. The summed E-state index contributed by atoms with van der Waals surface area (Å²) < 4.78 is 3.68. The second-order valence-corrected chi connectivity index (χ2v) is 7.81. The van der Waals surface area contributed by atoms with Crippen LogP contribution in [0.1, 0.15) is 10.7 Å². The molecule has 0 atom stereocenters. The van der Waals surface area contributed by atoms with Gasteiger partial charge in [0, 0.05) is 11.9 Å². The number of amides is 1. The third kappa shape index (κ3) is 4.01. The molecule has 4 aromatic rings. The number of carbonyl (C=O) groups is 1. The van der Waals surface area contributed by atoms with Crippen LogP contribution < -0.4 is 5.32 Å². The van der Waals surface area contributed by atoms with Crippen LogP contribution in [-0.4, -0.2) is 41.4 Å². The van der Waals surface area contributed by atoms with Crippen LogP contribution in [-0.2, 0) is 24.9 Å². The monoisotopic (exact) mass is 399 g/mol. The third-order valence-electron chi connectivity index (χ3n) is 4.01. The Kier molecular flexibility index (Phi) is 5.16. The minimum absolute atomic E-state index is 0.0276. The van der Waals surface area contributed by atoms with E-state index in [0.29, 0.717) is 24.0 Å². The Bertz CT molecular complexity index is 1050. The van der Waals surface area contributed by atoms with Crippen LogP contribution >= 0.6 is 23.1 Å². The van der Waals surface area contributed by atoms with Gasteiger partial charge in [-0.05, 0) is 23.6 Å². The van der Waals surface area contributed by atoms with Crippen LogP contribution in [0.5, 0.6) is 0 Å². The van der Waals surface area contributed by atoms with Gasteiger partial charge in [-0.3, -0.25) is 4.79 Å². The first-order valence-corrected chi connectivity index (χ1v) is 10.2. The van der Waals surface area contributed by atoms with E-state index in [1.807, 2.05) is 53.4 Å². The van der Waals surface area contributed by atoms with Crippen LogP contribution in [0.2, 0.25) is 0 Å². The number of benzene rings is 1. The average molecular weight is 400 g/mol. The minimum Gasteiger partial charge on any atom is -0.350 e. The number of thiophene rings is 1. The van der Waals surface area contributed by atoms with E-state index in [9.17, 15) is 4.79 Å². The SMILES string of the molecule is Cn1c(Cn2nnc3ccccc32)nnc1SCC(=O)NCc1cccs1. The normalized spacial score (nSPS) is 11.1. The summed E-state index contributed by atoms with van der Waals surface area (Å²) in [5, 5.41) is 22.4. The van der Waals surface area contributed by atoms with Crippen LogP contribution in [0.4, 0.5) is 0 Å². The second-order valence-electron chi connectivity index (χ2n) is 5.84. The van der Waals surface area contributed by atoms with E-state index in [4.69, 9.17) is 0 Å². The number of thioether (sulfide) groups is 1. The van der Waals surface area contributed by atoms with Crippen LogP contribution in [0.25, 0.3) is 11.0 Å². The number of para-hydroxylation sites is 1. The molecule has 0 unspecified atom stereocenters. The number of nitrogens with zero attached hydrogens (tertiary/aromatic N) is 6. The van der Waals surface area contributed by atoms with Gasteiger partial charge in [0.1, 0.15) is 12.1 Å². The Balaban J connectivity index is 1.36. The summed E-state index contributed by atoms with van der Waals surface area (Å²) in [5.41, 5.74) is 1.79. The zero-order valence-electron chi connectivity index (χ0n) is 14.6. The summed E-state index contributed by atoms with van der Waals surface area (Å²) in [5.74, 6) is 1.02. The Morgan fingerprint density at radius 3 is 2.93 bits per heavy atom. The van der Waals surface area contributed by atoms with E-state index < -0.39 is 0 Å². The van der Waals surface area contributed by atoms with Gasteiger partial charge in [0.25, 0.3) is 0 Å². The van der Waals surface area contributed by atoms with Gasteiger partial charge in [0.2, 0.25) is 5.91 Å². The maximum absolute atomic E-state index is 12.0. The maximum atomic E-state index is 12.0. The van der Waals surface area contributed by atoms with Crippen molar-refractivity contribution in [1.82, 2.24) is 35.1 Å². The first-order chi connectivity index (χ1) is 13.2. The van der Waals surface area contributed by atoms with Crippen molar-refractivity contribution < 1.29 is 4.79 Å². The molecule has 0 aliphatic carbocycles. The van der Waals surface area contributed by atoms with E-state index in [1.165, 1.54) is 11.8 Å². The standard InChI is InChI=1S/C17H17N7OS2/c1-23-15(10-24-14-7-3-2-6-13(14)19-22-24)20-21-17(23)27-11-16(25)18-9-12-5-4-8-26-12/h2-8H,9-11H2,1H3,(H,18,25). The molecule has 3 aromatic heterocycles. The van der Waals surface area contributed by atoms with Gasteiger partial charge in [0.05, 0.1) is 17.8 Å². The predicted octanol–water partition coefficient (Wildman–Crippen LogP) is 2.08. The highest BCUT2D eigenvalue weighted by Gasteiger charge is 2.13. The predicted molar refractivity (Wildman–Crippen MR) is 105 cm³/mol. The van der Waals surface area contributed by atoms with Gasteiger partial charge in [-0.15, -0.1) is 26.6 Å².